The van der Waals surface area contributed by atoms with Crippen LogP contribution in [0.3, 0.4) is 0 Å². The topological polar surface area (TPSA) is 18.5 Å². The second-order valence-corrected chi connectivity index (χ2v) is 11.8. The van der Waals surface area contributed by atoms with Crippen LogP contribution in [0.2, 0.25) is 0 Å². The first-order chi connectivity index (χ1) is 11.3. The van der Waals surface area contributed by atoms with Gasteiger partial charge in [-0.1, -0.05) is 75.2 Å². The van der Waals surface area contributed by atoms with Gasteiger partial charge in [0.25, 0.3) is 0 Å². The summed E-state index contributed by atoms with van der Waals surface area (Å²) in [5, 5.41) is 0. The van der Waals surface area contributed by atoms with Crippen LogP contribution in [-0.4, -0.2) is 12.7 Å². The van der Waals surface area contributed by atoms with Gasteiger partial charge in [-0.25, -0.2) is 9.78 Å². The molecular weight excluding hydrogens is 308 g/mol. The van der Waals surface area contributed by atoms with Gasteiger partial charge in [0, 0.05) is 0 Å². The molecule has 2 nitrogen and oxygen atoms in total. The Morgan fingerprint density at radius 1 is 1.00 bits per heavy atom. The first-order valence-electron chi connectivity index (χ1n) is 10.6. The molecule has 0 amide bonds. The standard InChI is InChI=1S/C23H46O2/c1-18-14-20(16-23(8,9)15-18)25-24-17-19(22(5,6)7)12-10-11-13-21(2,3)4/h18-20H,10-17H2,1-9H3. The third-order valence-corrected chi connectivity index (χ3v) is 5.77. The SMILES string of the molecule is CC1CC(OOCC(CCCCC(C)(C)C)C(C)(C)C)CC(C)(C)C1. The zero-order valence-electron chi connectivity index (χ0n) is 18.7. The summed E-state index contributed by atoms with van der Waals surface area (Å²) in [6, 6.07) is 0. The van der Waals surface area contributed by atoms with E-state index in [1.54, 1.807) is 0 Å². The maximum absolute atomic E-state index is 5.88. The normalized spacial score (nSPS) is 25.8. The number of rotatable bonds is 8. The van der Waals surface area contributed by atoms with Gasteiger partial charge in [0.2, 0.25) is 0 Å². The number of hydrogen-bond donors (Lipinski definition) is 0. The van der Waals surface area contributed by atoms with Gasteiger partial charge in [0.15, 0.2) is 0 Å². The first-order valence-corrected chi connectivity index (χ1v) is 10.6. The molecular formula is C23H46O2. The molecule has 0 bridgehead atoms. The van der Waals surface area contributed by atoms with Crippen molar-refractivity contribution in [2.24, 2.45) is 28.1 Å². The number of unbranched alkanes of at least 4 members (excludes halogenated alkanes) is 1. The predicted molar refractivity (Wildman–Crippen MR) is 108 cm³/mol. The van der Waals surface area contributed by atoms with Crippen LogP contribution < -0.4 is 0 Å². The van der Waals surface area contributed by atoms with E-state index in [0.29, 0.717) is 16.7 Å². The Hall–Kier alpha value is -0.0800. The van der Waals surface area contributed by atoms with Gasteiger partial charge in [-0.3, -0.25) is 0 Å². The van der Waals surface area contributed by atoms with E-state index in [-0.39, 0.29) is 11.5 Å². The van der Waals surface area contributed by atoms with Crippen LogP contribution >= 0.6 is 0 Å². The van der Waals surface area contributed by atoms with Gasteiger partial charge in [-0.05, 0) is 60.2 Å². The molecule has 0 aromatic rings. The van der Waals surface area contributed by atoms with Crippen molar-refractivity contribution >= 4 is 0 Å². The van der Waals surface area contributed by atoms with Gasteiger partial charge < -0.3 is 0 Å². The van der Waals surface area contributed by atoms with Gasteiger partial charge in [0.05, 0.1) is 12.7 Å². The van der Waals surface area contributed by atoms with Gasteiger partial charge in [0.1, 0.15) is 0 Å². The molecule has 1 fully saturated rings. The van der Waals surface area contributed by atoms with E-state index < -0.39 is 0 Å². The van der Waals surface area contributed by atoms with Crippen LogP contribution in [0, 0.1) is 28.1 Å². The molecule has 0 aromatic carbocycles. The molecule has 3 unspecified atom stereocenters. The van der Waals surface area contributed by atoms with Crippen LogP contribution in [0.5, 0.6) is 0 Å². The molecule has 25 heavy (non-hydrogen) atoms. The zero-order valence-corrected chi connectivity index (χ0v) is 18.7. The summed E-state index contributed by atoms with van der Waals surface area (Å²) in [7, 11) is 0. The highest BCUT2D eigenvalue weighted by molar-refractivity contribution is 4.83. The predicted octanol–water partition coefficient (Wildman–Crippen LogP) is 7.42. The number of hydrogen-bond acceptors (Lipinski definition) is 2. The Labute approximate surface area is 158 Å². The molecule has 0 aromatic heterocycles. The Bertz CT molecular complexity index is 373. The summed E-state index contributed by atoms with van der Waals surface area (Å²) in [4.78, 5) is 11.7. The highest BCUT2D eigenvalue weighted by Crippen LogP contribution is 2.40. The van der Waals surface area contributed by atoms with Gasteiger partial charge in [-0.2, -0.15) is 0 Å². The monoisotopic (exact) mass is 354 g/mol. The molecule has 0 radical (unpaired) electrons. The highest BCUT2D eigenvalue weighted by Gasteiger charge is 2.33. The summed E-state index contributed by atoms with van der Waals surface area (Å²) in [5.74, 6) is 1.29. The summed E-state index contributed by atoms with van der Waals surface area (Å²) >= 11 is 0. The lowest BCUT2D eigenvalue weighted by Crippen LogP contribution is -2.33. The Morgan fingerprint density at radius 2 is 1.64 bits per heavy atom. The summed E-state index contributed by atoms with van der Waals surface area (Å²) in [5.41, 5.74) is 1.09. The fourth-order valence-corrected chi connectivity index (χ4v) is 4.36. The highest BCUT2D eigenvalue weighted by atomic mass is 17.2. The van der Waals surface area contributed by atoms with E-state index in [2.05, 4.69) is 62.3 Å². The Balaban J connectivity index is 2.38. The molecule has 1 aliphatic carbocycles. The Kier molecular flexibility index (Phi) is 8.47. The summed E-state index contributed by atoms with van der Waals surface area (Å²) in [6.45, 7) is 21.8. The van der Waals surface area contributed by atoms with Crippen molar-refractivity contribution in [2.45, 2.75) is 113 Å². The van der Waals surface area contributed by atoms with E-state index in [4.69, 9.17) is 9.78 Å². The smallest absolute Gasteiger partial charge is 0.0937 e. The average Bonchev–Trinajstić information content (AvgIpc) is 2.36. The van der Waals surface area contributed by atoms with Crippen LogP contribution in [-0.2, 0) is 9.78 Å². The molecule has 0 heterocycles. The molecule has 0 aliphatic heterocycles. The minimum atomic E-state index is 0.264. The first kappa shape index (κ1) is 23.0. The average molecular weight is 355 g/mol. The van der Waals surface area contributed by atoms with E-state index >= 15 is 0 Å². The molecule has 150 valence electrons. The molecule has 1 aliphatic rings. The third kappa shape index (κ3) is 9.99. The van der Waals surface area contributed by atoms with Crippen LogP contribution in [0.25, 0.3) is 0 Å². The lowest BCUT2D eigenvalue weighted by molar-refractivity contribution is -0.343. The summed E-state index contributed by atoms with van der Waals surface area (Å²) in [6.07, 6.45) is 8.94. The second kappa shape index (κ2) is 9.22. The van der Waals surface area contributed by atoms with Crippen molar-refractivity contribution < 1.29 is 9.78 Å². The fraction of sp³-hybridized carbons (Fsp3) is 1.00. The molecule has 0 N–H and O–H groups in total. The molecule has 2 heteroatoms. The van der Waals surface area contributed by atoms with Crippen molar-refractivity contribution in [2.75, 3.05) is 6.61 Å². The molecule has 3 atom stereocenters. The van der Waals surface area contributed by atoms with Crippen LogP contribution in [0.1, 0.15) is 107 Å². The molecule has 1 saturated carbocycles. The maximum Gasteiger partial charge on any atom is 0.0937 e. The van der Waals surface area contributed by atoms with Gasteiger partial charge >= 0.3 is 0 Å². The minimum absolute atomic E-state index is 0.264. The fourth-order valence-electron chi connectivity index (χ4n) is 4.36. The third-order valence-electron chi connectivity index (χ3n) is 5.77. The Morgan fingerprint density at radius 3 is 2.16 bits per heavy atom. The maximum atomic E-state index is 5.88. The van der Waals surface area contributed by atoms with Crippen molar-refractivity contribution in [1.29, 1.82) is 0 Å². The molecule has 0 spiro atoms. The minimum Gasteiger partial charge on any atom is -0.236 e. The summed E-state index contributed by atoms with van der Waals surface area (Å²) < 4.78 is 0. The van der Waals surface area contributed by atoms with E-state index in [9.17, 15) is 0 Å². The van der Waals surface area contributed by atoms with Gasteiger partial charge in [-0.15, -0.1) is 0 Å². The van der Waals surface area contributed by atoms with Crippen molar-refractivity contribution in [3.63, 3.8) is 0 Å². The van der Waals surface area contributed by atoms with Crippen molar-refractivity contribution in [3.8, 4) is 0 Å². The molecule has 1 rings (SSSR count). The van der Waals surface area contributed by atoms with Crippen molar-refractivity contribution in [3.05, 3.63) is 0 Å². The largest absolute Gasteiger partial charge is 0.236 e. The molecule has 0 saturated heterocycles. The van der Waals surface area contributed by atoms with Crippen LogP contribution in [0.4, 0.5) is 0 Å². The zero-order chi connectivity index (χ0) is 19.3. The lowest BCUT2D eigenvalue weighted by atomic mass is 9.71. The second-order valence-electron chi connectivity index (χ2n) is 11.8. The van der Waals surface area contributed by atoms with E-state index in [1.807, 2.05) is 0 Å². The lowest BCUT2D eigenvalue weighted by Gasteiger charge is -2.38. The van der Waals surface area contributed by atoms with Crippen molar-refractivity contribution in [1.82, 2.24) is 0 Å². The van der Waals surface area contributed by atoms with E-state index in [1.165, 1.54) is 32.1 Å². The van der Waals surface area contributed by atoms with Crippen LogP contribution in [0.15, 0.2) is 0 Å². The quantitative estimate of drug-likeness (QED) is 0.256. The van der Waals surface area contributed by atoms with E-state index in [0.717, 1.165) is 25.4 Å².